The standard InChI is InChI=1S/C39H55BrFN5O4Si2/c1-8-50-39(47)35(41)29-14-16-30(17-15-29)36-34(40)38(45(26-48-20-22-51(2,3)4)27-49-21-23-52(5,6)7)46-37(44-36)32(25-43-46)31-18-19-33(42-24-31)28-12-10-9-11-13-28/h9-13,18-19,24-25,29-30,35H,8,14-17,20-23,26-27H2,1-7H3/t29-,30+,35?. The number of rotatable bonds is 17. The highest BCUT2D eigenvalue weighted by molar-refractivity contribution is 9.10. The average molecular weight is 813 g/mol. The number of esters is 1. The van der Waals surface area contributed by atoms with E-state index in [1.54, 1.807) is 6.92 Å². The summed E-state index contributed by atoms with van der Waals surface area (Å²) in [5.74, 6) is -0.276. The van der Waals surface area contributed by atoms with Gasteiger partial charge in [-0.2, -0.15) is 9.61 Å². The summed E-state index contributed by atoms with van der Waals surface area (Å²) in [6.45, 7) is 18.0. The Balaban J connectivity index is 1.53. The Morgan fingerprint density at radius 3 is 2.12 bits per heavy atom. The summed E-state index contributed by atoms with van der Waals surface area (Å²) in [5, 5.41) is 4.91. The van der Waals surface area contributed by atoms with Gasteiger partial charge < -0.3 is 19.1 Å². The topological polar surface area (TPSA) is 91.1 Å². The predicted molar refractivity (Wildman–Crippen MR) is 216 cm³/mol. The Bertz CT molecular complexity index is 1740. The number of fused-ring (bicyclic) bond motifs is 1. The van der Waals surface area contributed by atoms with Crippen molar-refractivity contribution in [3.05, 3.63) is 65.0 Å². The highest BCUT2D eigenvalue weighted by atomic mass is 79.9. The van der Waals surface area contributed by atoms with Crippen molar-refractivity contribution >= 4 is 49.5 Å². The van der Waals surface area contributed by atoms with Crippen LogP contribution in [0.2, 0.25) is 51.4 Å². The van der Waals surface area contributed by atoms with Crippen LogP contribution in [0.3, 0.4) is 0 Å². The first-order valence-corrected chi connectivity index (χ1v) is 26.8. The molecule has 0 N–H and O–H groups in total. The lowest BCUT2D eigenvalue weighted by Gasteiger charge is -2.32. The molecule has 282 valence electrons. The number of ether oxygens (including phenoxy) is 3. The molecule has 0 spiro atoms. The van der Waals surface area contributed by atoms with Gasteiger partial charge in [0.1, 0.15) is 13.5 Å². The highest BCUT2D eigenvalue weighted by Gasteiger charge is 2.36. The molecule has 4 aromatic rings. The Labute approximate surface area is 318 Å². The number of halogens is 2. The number of hydrogen-bond donors (Lipinski definition) is 0. The molecule has 1 aliphatic rings. The quantitative estimate of drug-likeness (QED) is 0.0451. The number of anilines is 1. The van der Waals surface area contributed by atoms with E-state index in [0.29, 0.717) is 58.0 Å². The Hall–Kier alpha value is -2.98. The third kappa shape index (κ3) is 10.6. The van der Waals surface area contributed by atoms with Crippen LogP contribution in [0.1, 0.15) is 44.2 Å². The summed E-state index contributed by atoms with van der Waals surface area (Å²) < 4.78 is 35.5. The van der Waals surface area contributed by atoms with Gasteiger partial charge in [-0.25, -0.2) is 14.2 Å². The van der Waals surface area contributed by atoms with Crippen molar-refractivity contribution in [1.82, 2.24) is 19.6 Å². The van der Waals surface area contributed by atoms with E-state index in [-0.39, 0.29) is 18.4 Å². The summed E-state index contributed by atoms with van der Waals surface area (Å²) in [6.07, 6.45) is 4.64. The van der Waals surface area contributed by atoms with Crippen LogP contribution in [0, 0.1) is 5.92 Å². The molecule has 1 aromatic carbocycles. The van der Waals surface area contributed by atoms with Crippen LogP contribution in [-0.4, -0.2) is 81.2 Å². The summed E-state index contributed by atoms with van der Waals surface area (Å²) in [4.78, 5) is 24.4. The second-order valence-electron chi connectivity index (χ2n) is 16.2. The summed E-state index contributed by atoms with van der Waals surface area (Å²) in [7, 11) is -2.60. The van der Waals surface area contributed by atoms with E-state index in [1.807, 2.05) is 53.3 Å². The molecule has 0 radical (unpaired) electrons. The molecule has 1 unspecified atom stereocenters. The minimum Gasteiger partial charge on any atom is -0.464 e. The maximum absolute atomic E-state index is 15.1. The normalized spacial score (nSPS) is 17.3. The molecule has 1 saturated carbocycles. The zero-order chi connectivity index (χ0) is 37.5. The number of alkyl halides is 1. The smallest absolute Gasteiger partial charge is 0.341 e. The molecule has 13 heteroatoms. The van der Waals surface area contributed by atoms with Gasteiger partial charge >= 0.3 is 5.97 Å². The van der Waals surface area contributed by atoms with Crippen molar-refractivity contribution in [2.75, 3.05) is 38.2 Å². The van der Waals surface area contributed by atoms with Gasteiger partial charge in [-0.3, -0.25) is 4.98 Å². The van der Waals surface area contributed by atoms with Gasteiger partial charge in [-0.15, -0.1) is 0 Å². The van der Waals surface area contributed by atoms with Crippen molar-refractivity contribution in [3.8, 4) is 22.4 Å². The van der Waals surface area contributed by atoms with Gasteiger partial charge in [0.05, 0.1) is 28.7 Å². The second kappa shape index (κ2) is 17.9. The molecule has 0 saturated heterocycles. The number of carbonyl (C=O) groups is 1. The lowest BCUT2D eigenvalue weighted by atomic mass is 9.78. The van der Waals surface area contributed by atoms with Crippen molar-refractivity contribution in [2.24, 2.45) is 5.92 Å². The Morgan fingerprint density at radius 1 is 0.923 bits per heavy atom. The first-order chi connectivity index (χ1) is 24.8. The average Bonchev–Trinajstić information content (AvgIpc) is 3.54. The van der Waals surface area contributed by atoms with Crippen LogP contribution in [0.4, 0.5) is 10.2 Å². The fraction of sp³-hybridized carbons (Fsp3) is 0.538. The van der Waals surface area contributed by atoms with Crippen molar-refractivity contribution in [1.29, 1.82) is 0 Å². The number of hydrogen-bond acceptors (Lipinski definition) is 8. The van der Waals surface area contributed by atoms with E-state index in [4.69, 9.17) is 29.3 Å². The maximum Gasteiger partial charge on any atom is 0.341 e. The third-order valence-corrected chi connectivity index (χ3v) is 13.8. The molecular weight excluding hydrogens is 758 g/mol. The first kappa shape index (κ1) is 40.2. The van der Waals surface area contributed by atoms with Gasteiger partial charge in [0.15, 0.2) is 17.6 Å². The second-order valence-corrected chi connectivity index (χ2v) is 28.3. The Kier molecular flexibility index (Phi) is 13.8. The molecule has 3 aromatic heterocycles. The Morgan fingerprint density at radius 2 is 1.56 bits per heavy atom. The largest absolute Gasteiger partial charge is 0.464 e. The molecule has 9 nitrogen and oxygen atoms in total. The van der Waals surface area contributed by atoms with Crippen LogP contribution in [-0.2, 0) is 19.0 Å². The van der Waals surface area contributed by atoms with E-state index in [2.05, 4.69) is 66.2 Å². The van der Waals surface area contributed by atoms with Crippen LogP contribution in [0.5, 0.6) is 0 Å². The summed E-state index contributed by atoms with van der Waals surface area (Å²) >= 11 is 3.99. The van der Waals surface area contributed by atoms with Gasteiger partial charge in [0.2, 0.25) is 0 Å². The van der Waals surface area contributed by atoms with E-state index >= 15 is 4.39 Å². The van der Waals surface area contributed by atoms with Crippen molar-refractivity contribution in [3.63, 3.8) is 0 Å². The van der Waals surface area contributed by atoms with E-state index in [0.717, 1.165) is 50.5 Å². The van der Waals surface area contributed by atoms with E-state index in [9.17, 15) is 4.79 Å². The maximum atomic E-state index is 15.1. The predicted octanol–water partition coefficient (Wildman–Crippen LogP) is 9.83. The summed E-state index contributed by atoms with van der Waals surface area (Å²) in [5.41, 5.74) is 5.30. The van der Waals surface area contributed by atoms with Crippen LogP contribution < -0.4 is 4.90 Å². The van der Waals surface area contributed by atoms with Crippen LogP contribution in [0.15, 0.2) is 59.3 Å². The lowest BCUT2D eigenvalue weighted by Crippen LogP contribution is -2.34. The number of aromatic nitrogens is 4. The molecule has 52 heavy (non-hydrogen) atoms. The molecule has 3 heterocycles. The minimum atomic E-state index is -1.61. The zero-order valence-corrected chi connectivity index (χ0v) is 35.4. The molecule has 0 amide bonds. The molecular formula is C39H55BrFN5O4Si2. The fourth-order valence-corrected chi connectivity index (χ4v) is 8.76. The van der Waals surface area contributed by atoms with Gasteiger partial charge in [-0.05, 0) is 66.7 Å². The highest BCUT2D eigenvalue weighted by Crippen LogP contribution is 2.43. The zero-order valence-electron chi connectivity index (χ0n) is 31.8. The van der Waals surface area contributed by atoms with E-state index in [1.165, 1.54) is 0 Å². The number of benzene rings is 1. The van der Waals surface area contributed by atoms with Crippen molar-refractivity contribution < 1.29 is 23.4 Å². The van der Waals surface area contributed by atoms with Crippen LogP contribution >= 0.6 is 15.9 Å². The summed E-state index contributed by atoms with van der Waals surface area (Å²) in [6, 6.07) is 16.3. The molecule has 1 fully saturated rings. The molecule has 5 rings (SSSR count). The fourth-order valence-electron chi connectivity index (χ4n) is 6.42. The van der Waals surface area contributed by atoms with E-state index < -0.39 is 28.3 Å². The number of nitrogens with zero attached hydrogens (tertiary/aromatic N) is 5. The molecule has 1 atom stereocenters. The number of pyridine rings is 1. The van der Waals surface area contributed by atoms with Crippen molar-refractivity contribution in [2.45, 2.75) is 96.1 Å². The van der Waals surface area contributed by atoms with Gasteiger partial charge in [0.25, 0.3) is 0 Å². The first-order valence-electron chi connectivity index (χ1n) is 18.6. The van der Waals surface area contributed by atoms with Gasteiger partial charge in [-0.1, -0.05) is 75.7 Å². The lowest BCUT2D eigenvalue weighted by molar-refractivity contribution is -0.151. The van der Waals surface area contributed by atoms with Gasteiger partial charge in [0, 0.05) is 64.1 Å². The monoisotopic (exact) mass is 811 g/mol. The SMILES string of the molecule is CCOC(=O)C(F)[C@H]1CC[C@@H](c2nc3c(-c4ccc(-c5ccccc5)nc4)cnn3c(N(COCC[Si](C)(C)C)COCC[Si](C)(C)C)c2Br)CC1. The molecule has 0 bridgehead atoms. The molecule has 0 aliphatic heterocycles. The third-order valence-electron chi connectivity index (χ3n) is 9.61. The van der Waals surface area contributed by atoms with Crippen LogP contribution in [0.25, 0.3) is 28.0 Å². The minimum absolute atomic E-state index is 0.0487. The number of carbonyl (C=O) groups excluding carboxylic acids is 1. The molecule has 1 aliphatic carbocycles.